The zero-order chi connectivity index (χ0) is 29.4. The first kappa shape index (κ1) is 38.0. The van der Waals surface area contributed by atoms with Crippen LogP contribution in [0, 0.1) is 5.41 Å². The van der Waals surface area contributed by atoms with E-state index in [0.29, 0.717) is 12.8 Å². The third kappa shape index (κ3) is 18.9. The van der Waals surface area contributed by atoms with E-state index >= 15 is 0 Å². The predicted octanol–water partition coefficient (Wildman–Crippen LogP) is 5.47. The summed E-state index contributed by atoms with van der Waals surface area (Å²) in [4.78, 5) is 0. The second kappa shape index (κ2) is 14.7. The van der Waals surface area contributed by atoms with E-state index in [9.17, 15) is 10.2 Å². The molecule has 0 saturated carbocycles. The highest BCUT2D eigenvalue weighted by molar-refractivity contribution is 6.88. The summed E-state index contributed by atoms with van der Waals surface area (Å²) in [7, 11) is -12.0. The van der Waals surface area contributed by atoms with Crippen molar-refractivity contribution in [1.29, 1.82) is 0 Å². The number of hydrogen-bond donors (Lipinski definition) is 2. The molecule has 0 aliphatic carbocycles. The molecule has 0 amide bonds. The van der Waals surface area contributed by atoms with Gasteiger partial charge in [0.05, 0.1) is 38.1 Å². The third-order valence-electron chi connectivity index (χ3n) is 4.86. The number of aliphatic hydroxyl groups is 2. The van der Waals surface area contributed by atoms with Crippen LogP contribution in [0.2, 0.25) is 97.7 Å². The second-order valence-corrected chi connectivity index (χ2v) is 40.1. The molecule has 0 fully saturated rings. The molecule has 0 spiro atoms. The molecule has 0 bridgehead atoms. The predicted molar refractivity (Wildman–Crippen MR) is 169 cm³/mol. The van der Waals surface area contributed by atoms with Crippen molar-refractivity contribution in [3.05, 3.63) is 0 Å². The van der Waals surface area contributed by atoms with Gasteiger partial charge in [-0.1, -0.05) is 0 Å². The van der Waals surface area contributed by atoms with Crippen LogP contribution in [0.25, 0.3) is 0 Å². The zero-order valence-electron chi connectivity index (χ0n) is 26.5. The molecule has 0 aliphatic rings. The molecular weight excluding hydrogens is 573 g/mol. The van der Waals surface area contributed by atoms with Gasteiger partial charge in [0.1, 0.15) is 0 Å². The largest absolute Gasteiger partial charge is 0.437 e. The van der Waals surface area contributed by atoms with Gasteiger partial charge in [-0.15, -0.1) is 0 Å². The number of rotatable bonds is 20. The van der Waals surface area contributed by atoms with E-state index in [-0.39, 0.29) is 26.4 Å². The molecule has 0 rings (SSSR count). The van der Waals surface area contributed by atoms with Crippen LogP contribution in [0.3, 0.4) is 0 Å². The lowest BCUT2D eigenvalue weighted by molar-refractivity contribution is -0.0729. The Morgan fingerprint density at radius 2 is 0.865 bits per heavy atom. The van der Waals surface area contributed by atoms with Crippen LogP contribution in [-0.4, -0.2) is 99.9 Å². The van der Waals surface area contributed by atoms with E-state index in [1.807, 2.05) is 0 Å². The lowest BCUT2D eigenvalue weighted by Gasteiger charge is -2.39. The minimum absolute atomic E-state index is 0.177. The SMILES string of the molecule is C[Si](C)(C)O[Si](C)(CCCOCC(CO)(CO)COC[Si](C)(O[Si](C)(C)C)O[Si](C)(C)C)O[Si](C)(C)C. The Bertz CT molecular complexity index is 620. The lowest BCUT2D eigenvalue weighted by atomic mass is 9.92. The summed E-state index contributed by atoms with van der Waals surface area (Å²) in [6.45, 7) is 30.8. The van der Waals surface area contributed by atoms with Crippen LogP contribution < -0.4 is 0 Å². The summed E-state index contributed by atoms with van der Waals surface area (Å²) in [6.07, 6.45) is 1.17. The third-order valence-corrected chi connectivity index (χ3v) is 23.6. The number of ether oxygens (including phenoxy) is 2. The van der Waals surface area contributed by atoms with Gasteiger partial charge in [-0.3, -0.25) is 0 Å². The van der Waals surface area contributed by atoms with Crippen LogP contribution in [0.4, 0.5) is 0 Å². The van der Waals surface area contributed by atoms with Gasteiger partial charge in [-0.25, -0.2) is 0 Å². The fourth-order valence-corrected chi connectivity index (χ4v) is 28.7. The van der Waals surface area contributed by atoms with Crippen LogP contribution in [0.15, 0.2) is 0 Å². The summed E-state index contributed by atoms with van der Waals surface area (Å²) in [6, 6.07) is 0.856. The maximum atomic E-state index is 10.1. The average Bonchev–Trinajstić information content (AvgIpc) is 2.59. The van der Waals surface area contributed by atoms with Crippen molar-refractivity contribution >= 4 is 50.4 Å². The van der Waals surface area contributed by atoms with Crippen LogP contribution in [0.1, 0.15) is 6.42 Å². The maximum absolute atomic E-state index is 10.1. The van der Waals surface area contributed by atoms with Gasteiger partial charge in [0, 0.05) is 6.61 Å². The van der Waals surface area contributed by atoms with Gasteiger partial charge in [0.15, 0.2) is 33.3 Å². The maximum Gasteiger partial charge on any atom is 0.341 e. The Hall–Kier alpha value is 0.981. The average molecular weight is 633 g/mol. The fourth-order valence-electron chi connectivity index (χ4n) is 4.30. The second-order valence-electron chi connectivity index (χ2n) is 14.6. The molecule has 0 aromatic carbocycles. The smallest absolute Gasteiger partial charge is 0.341 e. The molecular formula is C23H60O8Si6. The number of hydrogen-bond acceptors (Lipinski definition) is 8. The van der Waals surface area contributed by atoms with E-state index in [4.69, 9.17) is 25.9 Å². The topological polar surface area (TPSA) is 95.8 Å². The molecule has 14 heteroatoms. The van der Waals surface area contributed by atoms with Crippen LogP contribution in [0.5, 0.6) is 0 Å². The Labute approximate surface area is 234 Å². The molecule has 8 nitrogen and oxygen atoms in total. The molecule has 2 N–H and O–H groups in total. The van der Waals surface area contributed by atoms with Crippen molar-refractivity contribution in [3.63, 3.8) is 0 Å². The van der Waals surface area contributed by atoms with Crippen LogP contribution >= 0.6 is 0 Å². The fraction of sp³-hybridized carbons (Fsp3) is 1.00. The molecule has 0 heterocycles. The summed E-state index contributed by atoms with van der Waals surface area (Å²) < 4.78 is 38.2. The van der Waals surface area contributed by atoms with Crippen molar-refractivity contribution in [2.75, 3.05) is 39.3 Å². The van der Waals surface area contributed by atoms with E-state index < -0.39 is 55.8 Å². The molecule has 224 valence electrons. The van der Waals surface area contributed by atoms with Crippen LogP contribution in [-0.2, 0) is 25.9 Å². The summed E-state index contributed by atoms with van der Waals surface area (Å²) in [5, 5.41) is 20.3. The van der Waals surface area contributed by atoms with E-state index in [0.717, 1.165) is 12.5 Å². The molecule has 37 heavy (non-hydrogen) atoms. The van der Waals surface area contributed by atoms with Gasteiger partial charge >= 0.3 is 17.1 Å². The minimum atomic E-state index is -2.57. The Balaban J connectivity index is 5.04. The van der Waals surface area contributed by atoms with Crippen molar-refractivity contribution in [2.24, 2.45) is 5.41 Å². The zero-order valence-corrected chi connectivity index (χ0v) is 32.5. The van der Waals surface area contributed by atoms with Crippen molar-refractivity contribution < 1.29 is 36.1 Å². The highest BCUT2D eigenvalue weighted by atomic mass is 28.5. The lowest BCUT2D eigenvalue weighted by Crippen LogP contribution is -2.56. The Morgan fingerprint density at radius 1 is 0.514 bits per heavy atom. The van der Waals surface area contributed by atoms with Crippen molar-refractivity contribution in [3.8, 4) is 0 Å². The van der Waals surface area contributed by atoms with E-state index in [1.54, 1.807) is 0 Å². The minimum Gasteiger partial charge on any atom is -0.437 e. The highest BCUT2D eigenvalue weighted by Crippen LogP contribution is 2.26. The van der Waals surface area contributed by atoms with Gasteiger partial charge < -0.3 is 36.1 Å². The summed E-state index contributed by atoms with van der Waals surface area (Å²) in [5.41, 5.74) is -0.877. The first-order valence-corrected chi connectivity index (χ1v) is 32.2. The standard InChI is InChI=1S/C23H60O8Si6/c1-32(2,3)28-36(13,29-33(4,5)6)17-15-16-26-20-23(18-24,19-25)21-27-22-37(14,30-34(7,8)9)31-35(10,11)12/h24-25H,15-22H2,1-14H3. The van der Waals surface area contributed by atoms with Gasteiger partial charge in [0.2, 0.25) is 0 Å². The first-order valence-electron chi connectivity index (χ1n) is 13.5. The molecule has 0 unspecified atom stereocenters. The Morgan fingerprint density at radius 3 is 1.22 bits per heavy atom. The molecule has 0 saturated heterocycles. The summed E-state index contributed by atoms with van der Waals surface area (Å²) in [5.74, 6) is 0. The van der Waals surface area contributed by atoms with Gasteiger partial charge in [-0.05, 0) is 104 Å². The summed E-state index contributed by atoms with van der Waals surface area (Å²) >= 11 is 0. The van der Waals surface area contributed by atoms with E-state index in [2.05, 4.69) is 91.7 Å². The van der Waals surface area contributed by atoms with E-state index in [1.165, 1.54) is 0 Å². The molecule has 0 radical (unpaired) electrons. The molecule has 0 aliphatic heterocycles. The van der Waals surface area contributed by atoms with Crippen molar-refractivity contribution in [2.45, 2.75) is 104 Å². The number of aliphatic hydroxyl groups excluding tert-OH is 2. The quantitative estimate of drug-likeness (QED) is 0.135. The normalized spacial score (nSPS) is 14.9. The molecule has 0 aromatic rings. The van der Waals surface area contributed by atoms with Crippen molar-refractivity contribution in [1.82, 2.24) is 0 Å². The van der Waals surface area contributed by atoms with Gasteiger partial charge in [0.25, 0.3) is 0 Å². The molecule has 0 aromatic heterocycles. The monoisotopic (exact) mass is 632 g/mol. The van der Waals surface area contributed by atoms with Gasteiger partial charge in [-0.2, -0.15) is 0 Å². The first-order chi connectivity index (χ1) is 16.4. The molecule has 0 atom stereocenters. The Kier molecular flexibility index (Phi) is 15.1. The highest BCUT2D eigenvalue weighted by Gasteiger charge is 2.42.